The summed E-state index contributed by atoms with van der Waals surface area (Å²) in [6.45, 7) is 0. The van der Waals surface area contributed by atoms with Crippen molar-refractivity contribution in [2.75, 3.05) is 5.75 Å². The number of rotatable bonds is 9. The summed E-state index contributed by atoms with van der Waals surface area (Å²) >= 11 is 1.41. The SMILES string of the molecule is O=C(O)CCCC[C@@H](O)[C@H](O)CCCC#CC#C[C@@H]1C[SH+]1. The molecule has 0 aliphatic carbocycles. The first-order chi connectivity index (χ1) is 10.1. The highest BCUT2D eigenvalue weighted by atomic mass is 32.2. The molecule has 116 valence electrons. The van der Waals surface area contributed by atoms with Crippen LogP contribution in [0.2, 0.25) is 0 Å². The molecule has 0 aromatic rings. The molecule has 4 nitrogen and oxygen atoms in total. The molecule has 21 heavy (non-hydrogen) atoms. The Morgan fingerprint density at radius 2 is 1.81 bits per heavy atom. The van der Waals surface area contributed by atoms with Crippen molar-refractivity contribution in [3.63, 3.8) is 0 Å². The van der Waals surface area contributed by atoms with Gasteiger partial charge in [-0.15, -0.1) is 0 Å². The third-order valence-electron chi connectivity index (χ3n) is 3.14. The minimum Gasteiger partial charge on any atom is -0.481 e. The maximum atomic E-state index is 10.3. The van der Waals surface area contributed by atoms with Gasteiger partial charge in [-0.1, -0.05) is 12.3 Å². The van der Waals surface area contributed by atoms with Gasteiger partial charge in [0.05, 0.1) is 12.2 Å². The monoisotopic (exact) mass is 311 g/mol. The fourth-order valence-corrected chi connectivity index (χ4v) is 2.14. The van der Waals surface area contributed by atoms with Crippen LogP contribution in [0.5, 0.6) is 0 Å². The molecule has 0 radical (unpaired) electrons. The summed E-state index contributed by atoms with van der Waals surface area (Å²) in [6.07, 6.45) is 2.05. The predicted molar refractivity (Wildman–Crippen MR) is 84.9 cm³/mol. The van der Waals surface area contributed by atoms with E-state index < -0.39 is 18.2 Å². The number of aliphatic carboxylic acids is 1. The molecule has 1 rings (SSSR count). The highest BCUT2D eigenvalue weighted by Crippen LogP contribution is 2.11. The average Bonchev–Trinajstić information content (AvgIpc) is 3.26. The van der Waals surface area contributed by atoms with E-state index in [-0.39, 0.29) is 6.42 Å². The number of carboxylic acid groups (broad SMARTS) is 1. The lowest BCUT2D eigenvalue weighted by Crippen LogP contribution is -2.25. The number of hydrogen-bond acceptors (Lipinski definition) is 3. The first kappa shape index (κ1) is 17.9. The van der Waals surface area contributed by atoms with Crippen molar-refractivity contribution in [1.29, 1.82) is 0 Å². The molecule has 5 heteroatoms. The molecule has 0 saturated carbocycles. The molecule has 0 bridgehead atoms. The fraction of sp³-hybridized carbons (Fsp3) is 0.688. The molecular formula is C16H23O4S+. The Bertz CT molecular complexity index is 437. The Labute approximate surface area is 130 Å². The minimum atomic E-state index is -0.826. The molecule has 3 N–H and O–H groups in total. The zero-order chi connectivity index (χ0) is 15.5. The zero-order valence-electron chi connectivity index (χ0n) is 12.1. The minimum absolute atomic E-state index is 0.111. The van der Waals surface area contributed by atoms with Gasteiger partial charge in [0.2, 0.25) is 5.25 Å². The Morgan fingerprint density at radius 3 is 2.43 bits per heavy atom. The first-order valence-electron chi connectivity index (χ1n) is 7.32. The number of hydrogen-bond donors (Lipinski definition) is 3. The van der Waals surface area contributed by atoms with E-state index in [1.54, 1.807) is 0 Å². The van der Waals surface area contributed by atoms with E-state index in [1.807, 2.05) is 0 Å². The number of unbranched alkanes of at least 4 members (excludes halogenated alkanes) is 2. The van der Waals surface area contributed by atoms with Gasteiger partial charge in [-0.05, 0) is 55.2 Å². The van der Waals surface area contributed by atoms with Gasteiger partial charge in [0, 0.05) is 12.8 Å². The van der Waals surface area contributed by atoms with Crippen LogP contribution in [0.1, 0.15) is 44.9 Å². The van der Waals surface area contributed by atoms with Crippen molar-refractivity contribution < 1.29 is 20.1 Å². The molecule has 1 aliphatic rings. The lowest BCUT2D eigenvalue weighted by Gasteiger charge is -2.16. The Kier molecular flexibility index (Phi) is 9.01. The highest BCUT2D eigenvalue weighted by Gasteiger charge is 2.31. The van der Waals surface area contributed by atoms with Crippen molar-refractivity contribution in [3.05, 3.63) is 0 Å². The molecular weight excluding hydrogens is 288 g/mol. The molecule has 1 saturated heterocycles. The standard InChI is InChI=1S/C16H22O4S/c17-14(15(18)10-6-7-11-16(19)20)9-5-3-1-2-4-8-13-12-21-13/h13-15,17-18H,3,5-7,9-12H2,(H,19,20)/p+1/t13-,14-,15-/m1/s1. The summed E-state index contributed by atoms with van der Waals surface area (Å²) < 4.78 is 0. The number of carbonyl (C=O) groups is 1. The van der Waals surface area contributed by atoms with Gasteiger partial charge in [0.15, 0.2) is 5.75 Å². The van der Waals surface area contributed by atoms with Gasteiger partial charge in [-0.2, -0.15) is 0 Å². The van der Waals surface area contributed by atoms with Crippen molar-refractivity contribution in [2.24, 2.45) is 0 Å². The molecule has 0 aromatic carbocycles. The quantitative estimate of drug-likeness (QED) is 0.193. The second-order valence-corrected chi connectivity index (χ2v) is 6.47. The van der Waals surface area contributed by atoms with E-state index in [1.165, 1.54) is 17.5 Å². The fourth-order valence-electron chi connectivity index (χ4n) is 1.78. The van der Waals surface area contributed by atoms with E-state index in [0.717, 1.165) is 6.42 Å². The van der Waals surface area contributed by atoms with Crippen molar-refractivity contribution in [1.82, 2.24) is 0 Å². The highest BCUT2D eigenvalue weighted by molar-refractivity contribution is 7.87. The summed E-state index contributed by atoms with van der Waals surface area (Å²) in [5.74, 6) is 12.0. The topological polar surface area (TPSA) is 77.8 Å². The second-order valence-electron chi connectivity index (χ2n) is 5.12. The van der Waals surface area contributed by atoms with Crippen LogP contribution in [0.4, 0.5) is 0 Å². The molecule has 0 amide bonds. The Morgan fingerprint density at radius 1 is 1.14 bits per heavy atom. The summed E-state index contributed by atoms with van der Waals surface area (Å²) in [5.41, 5.74) is 0. The van der Waals surface area contributed by atoms with Crippen LogP contribution in [0.3, 0.4) is 0 Å². The van der Waals surface area contributed by atoms with Crippen molar-refractivity contribution in [3.8, 4) is 23.7 Å². The normalized spacial score (nSPS) is 18.7. The smallest absolute Gasteiger partial charge is 0.303 e. The lowest BCUT2D eigenvalue weighted by molar-refractivity contribution is -0.137. The van der Waals surface area contributed by atoms with Gasteiger partial charge in [-0.3, -0.25) is 4.79 Å². The van der Waals surface area contributed by atoms with Crippen LogP contribution in [0, 0.1) is 23.7 Å². The molecule has 0 unspecified atom stereocenters. The van der Waals surface area contributed by atoms with Crippen molar-refractivity contribution in [2.45, 2.75) is 62.4 Å². The predicted octanol–water partition coefficient (Wildman–Crippen LogP) is 0.727. The zero-order valence-corrected chi connectivity index (χ0v) is 13.0. The average molecular weight is 311 g/mol. The van der Waals surface area contributed by atoms with E-state index in [9.17, 15) is 15.0 Å². The van der Waals surface area contributed by atoms with Gasteiger partial charge < -0.3 is 15.3 Å². The van der Waals surface area contributed by atoms with Crippen LogP contribution in [-0.4, -0.2) is 44.5 Å². The van der Waals surface area contributed by atoms with Gasteiger partial charge in [0.1, 0.15) is 0 Å². The van der Waals surface area contributed by atoms with E-state index in [4.69, 9.17) is 5.11 Å². The van der Waals surface area contributed by atoms with E-state index in [2.05, 4.69) is 23.7 Å². The van der Waals surface area contributed by atoms with Gasteiger partial charge in [0.25, 0.3) is 0 Å². The maximum Gasteiger partial charge on any atom is 0.303 e. The molecule has 3 atom stereocenters. The summed E-state index contributed by atoms with van der Waals surface area (Å²) in [6, 6.07) is 0. The van der Waals surface area contributed by atoms with Crippen LogP contribution in [0.25, 0.3) is 0 Å². The molecule has 0 aromatic heterocycles. The largest absolute Gasteiger partial charge is 0.481 e. The molecule has 1 fully saturated rings. The number of aliphatic hydroxyl groups is 2. The van der Waals surface area contributed by atoms with Crippen LogP contribution in [-0.2, 0) is 16.6 Å². The molecule has 1 heterocycles. The van der Waals surface area contributed by atoms with Crippen LogP contribution >= 0.6 is 0 Å². The van der Waals surface area contributed by atoms with Crippen molar-refractivity contribution >= 4 is 17.7 Å². The summed E-state index contributed by atoms with van der Waals surface area (Å²) in [4.78, 5) is 10.3. The summed E-state index contributed by atoms with van der Waals surface area (Å²) in [5, 5.41) is 28.5. The van der Waals surface area contributed by atoms with Gasteiger partial charge in [-0.25, -0.2) is 0 Å². The van der Waals surface area contributed by atoms with Crippen LogP contribution in [0.15, 0.2) is 0 Å². The van der Waals surface area contributed by atoms with Crippen LogP contribution < -0.4 is 0 Å². The van der Waals surface area contributed by atoms with E-state index >= 15 is 0 Å². The second kappa shape index (κ2) is 10.6. The Hall–Kier alpha value is -1.14. The Balaban J connectivity index is 2.02. The number of thiol groups is 1. The molecule has 0 spiro atoms. The number of carboxylic acids is 1. The molecule has 1 aliphatic heterocycles. The van der Waals surface area contributed by atoms with Gasteiger partial charge >= 0.3 is 5.97 Å². The van der Waals surface area contributed by atoms with E-state index in [0.29, 0.717) is 37.4 Å². The summed E-state index contributed by atoms with van der Waals surface area (Å²) in [7, 11) is 0. The number of aliphatic hydroxyl groups excluding tert-OH is 2. The third kappa shape index (κ3) is 10.3. The lowest BCUT2D eigenvalue weighted by atomic mass is 10.0. The maximum absolute atomic E-state index is 10.3. The first-order valence-corrected chi connectivity index (χ1v) is 8.47. The third-order valence-corrected chi connectivity index (χ3v) is 4.00.